The van der Waals surface area contributed by atoms with Crippen molar-refractivity contribution in [3.05, 3.63) is 63.6 Å². The molecule has 2 aromatic carbocycles. The first-order chi connectivity index (χ1) is 11.8. The van der Waals surface area contributed by atoms with Crippen LogP contribution >= 0.6 is 23.2 Å². The van der Waals surface area contributed by atoms with Crippen molar-refractivity contribution in [2.45, 2.75) is 6.42 Å². The summed E-state index contributed by atoms with van der Waals surface area (Å²) < 4.78 is 4.91. The number of nitrogens with two attached hydrogens (primary N) is 1. The molecule has 0 aliphatic rings. The molecule has 2 amide bonds. The zero-order valence-electron chi connectivity index (χ0n) is 12.9. The number of rotatable bonds is 6. The van der Waals surface area contributed by atoms with E-state index in [1.807, 2.05) is 0 Å². The van der Waals surface area contributed by atoms with Crippen LogP contribution < -0.4 is 11.1 Å². The van der Waals surface area contributed by atoms with Crippen molar-refractivity contribution in [1.82, 2.24) is 0 Å². The number of nitrogens with one attached hydrogen (secondary N) is 1. The normalized spacial score (nSPS) is 10.2. The summed E-state index contributed by atoms with van der Waals surface area (Å²) in [4.78, 5) is 34.5. The van der Waals surface area contributed by atoms with E-state index in [-0.39, 0.29) is 6.42 Å². The highest BCUT2D eigenvalue weighted by molar-refractivity contribution is 6.42. The van der Waals surface area contributed by atoms with Crippen LogP contribution in [0.25, 0.3) is 0 Å². The lowest BCUT2D eigenvalue weighted by Gasteiger charge is -2.07. The molecular weight excluding hydrogens is 367 g/mol. The van der Waals surface area contributed by atoms with Crippen LogP contribution in [0.4, 0.5) is 5.69 Å². The van der Waals surface area contributed by atoms with E-state index in [4.69, 9.17) is 33.7 Å². The van der Waals surface area contributed by atoms with E-state index >= 15 is 0 Å². The summed E-state index contributed by atoms with van der Waals surface area (Å²) in [7, 11) is 0. The van der Waals surface area contributed by atoms with Gasteiger partial charge in [-0.05, 0) is 42.0 Å². The summed E-state index contributed by atoms with van der Waals surface area (Å²) in [6.45, 7) is -0.433. The Kier molecular flexibility index (Phi) is 6.38. The highest BCUT2D eigenvalue weighted by Gasteiger charge is 2.10. The Hall–Kier alpha value is -2.57. The number of carbonyl (C=O) groups is 3. The predicted octanol–water partition coefficient (Wildman–Crippen LogP) is 2.82. The van der Waals surface area contributed by atoms with Gasteiger partial charge >= 0.3 is 5.97 Å². The van der Waals surface area contributed by atoms with Crippen molar-refractivity contribution in [2.24, 2.45) is 5.73 Å². The first-order valence-electron chi connectivity index (χ1n) is 7.14. The summed E-state index contributed by atoms with van der Waals surface area (Å²) in [5.74, 6) is -1.64. The third-order valence-corrected chi connectivity index (χ3v) is 3.89. The molecule has 0 radical (unpaired) electrons. The minimum absolute atomic E-state index is 0.0303. The molecule has 3 N–H and O–H groups in total. The second-order valence-corrected chi connectivity index (χ2v) is 5.89. The number of anilines is 1. The van der Waals surface area contributed by atoms with Crippen LogP contribution in [0.15, 0.2) is 42.5 Å². The van der Waals surface area contributed by atoms with Crippen molar-refractivity contribution in [3.8, 4) is 0 Å². The van der Waals surface area contributed by atoms with E-state index in [1.165, 1.54) is 24.3 Å². The summed E-state index contributed by atoms with van der Waals surface area (Å²) in [6, 6.07) is 10.8. The molecule has 0 aliphatic carbocycles. The lowest BCUT2D eigenvalue weighted by atomic mass is 10.1. The number of hydrogen-bond acceptors (Lipinski definition) is 4. The van der Waals surface area contributed by atoms with Crippen LogP contribution in [-0.4, -0.2) is 24.4 Å². The third-order valence-electron chi connectivity index (χ3n) is 3.15. The maximum atomic E-state index is 11.8. The van der Waals surface area contributed by atoms with Gasteiger partial charge < -0.3 is 15.8 Å². The second kappa shape index (κ2) is 8.50. The van der Waals surface area contributed by atoms with Crippen LogP contribution in [0.5, 0.6) is 0 Å². The van der Waals surface area contributed by atoms with E-state index in [1.54, 1.807) is 18.2 Å². The zero-order chi connectivity index (χ0) is 18.4. The molecule has 8 heteroatoms. The minimum atomic E-state index is -0.572. The number of halogens is 2. The number of carbonyl (C=O) groups excluding carboxylic acids is 3. The molecule has 0 spiro atoms. The summed E-state index contributed by atoms with van der Waals surface area (Å²) in [6.07, 6.45) is -0.0303. The van der Waals surface area contributed by atoms with Crippen molar-refractivity contribution in [2.75, 3.05) is 11.9 Å². The molecular formula is C17H14Cl2N2O4. The molecule has 0 aromatic heterocycles. The second-order valence-electron chi connectivity index (χ2n) is 5.08. The SMILES string of the molecule is NC(=O)c1ccc(NC(=O)COC(=O)Cc2ccc(Cl)c(Cl)c2)cc1. The fourth-order valence-electron chi connectivity index (χ4n) is 1.93. The molecule has 0 heterocycles. The van der Waals surface area contributed by atoms with Crippen molar-refractivity contribution in [3.63, 3.8) is 0 Å². The molecule has 0 fully saturated rings. The van der Waals surface area contributed by atoms with Gasteiger partial charge in [0.2, 0.25) is 5.91 Å². The van der Waals surface area contributed by atoms with Crippen LogP contribution in [0, 0.1) is 0 Å². The maximum absolute atomic E-state index is 11.8. The van der Waals surface area contributed by atoms with Gasteiger partial charge in [0.05, 0.1) is 16.5 Å². The molecule has 25 heavy (non-hydrogen) atoms. The Labute approximate surface area is 153 Å². The fourth-order valence-corrected chi connectivity index (χ4v) is 2.25. The van der Waals surface area contributed by atoms with Gasteiger partial charge in [0.1, 0.15) is 0 Å². The van der Waals surface area contributed by atoms with Crippen LogP contribution in [0.3, 0.4) is 0 Å². The van der Waals surface area contributed by atoms with Crippen molar-refractivity contribution in [1.29, 1.82) is 0 Å². The minimum Gasteiger partial charge on any atom is -0.455 e. The topological polar surface area (TPSA) is 98.5 Å². The molecule has 0 atom stereocenters. The molecule has 2 rings (SSSR count). The van der Waals surface area contributed by atoms with Gasteiger partial charge in [-0.2, -0.15) is 0 Å². The quantitative estimate of drug-likeness (QED) is 0.752. The summed E-state index contributed by atoms with van der Waals surface area (Å²) in [5, 5.41) is 3.26. The lowest BCUT2D eigenvalue weighted by molar-refractivity contribution is -0.146. The number of hydrogen-bond donors (Lipinski definition) is 2. The maximum Gasteiger partial charge on any atom is 0.310 e. The smallest absolute Gasteiger partial charge is 0.310 e. The molecule has 0 unspecified atom stereocenters. The van der Waals surface area contributed by atoms with Gasteiger partial charge in [0.25, 0.3) is 5.91 Å². The van der Waals surface area contributed by atoms with Gasteiger partial charge in [-0.3, -0.25) is 14.4 Å². The highest BCUT2D eigenvalue weighted by Crippen LogP contribution is 2.22. The Morgan fingerprint density at radius 3 is 2.28 bits per heavy atom. The van der Waals surface area contributed by atoms with Crippen molar-refractivity contribution >= 4 is 46.7 Å². The van der Waals surface area contributed by atoms with Gasteiger partial charge in [0.15, 0.2) is 6.61 Å². The molecule has 0 saturated carbocycles. The zero-order valence-corrected chi connectivity index (χ0v) is 14.4. The average molecular weight is 381 g/mol. The fraction of sp³-hybridized carbons (Fsp3) is 0.118. The van der Waals surface area contributed by atoms with E-state index in [0.29, 0.717) is 26.9 Å². The van der Waals surface area contributed by atoms with Crippen molar-refractivity contribution < 1.29 is 19.1 Å². The summed E-state index contributed by atoms with van der Waals surface area (Å²) >= 11 is 11.7. The van der Waals surface area contributed by atoms with Gasteiger partial charge in [-0.25, -0.2) is 0 Å². The highest BCUT2D eigenvalue weighted by atomic mass is 35.5. The number of ether oxygens (including phenoxy) is 1. The van der Waals surface area contributed by atoms with Crippen LogP contribution in [0.1, 0.15) is 15.9 Å². The molecule has 2 aromatic rings. The molecule has 130 valence electrons. The Morgan fingerprint density at radius 1 is 1.00 bits per heavy atom. The number of primary amides is 1. The van der Waals surface area contributed by atoms with Gasteiger partial charge in [-0.1, -0.05) is 29.3 Å². The first kappa shape index (κ1) is 18.8. The number of amides is 2. The van der Waals surface area contributed by atoms with E-state index in [0.717, 1.165) is 0 Å². The van der Waals surface area contributed by atoms with Gasteiger partial charge in [-0.15, -0.1) is 0 Å². The van der Waals surface area contributed by atoms with E-state index in [9.17, 15) is 14.4 Å². The average Bonchev–Trinajstić information content (AvgIpc) is 2.57. The molecule has 0 saturated heterocycles. The number of esters is 1. The molecule has 6 nitrogen and oxygen atoms in total. The standard InChI is InChI=1S/C17H14Cl2N2O4/c18-13-6-1-10(7-14(13)19)8-16(23)25-9-15(22)21-12-4-2-11(3-5-12)17(20)24/h1-7H,8-9H2,(H2,20,24)(H,21,22). The summed E-state index contributed by atoms with van der Waals surface area (Å²) in [5.41, 5.74) is 6.53. The lowest BCUT2D eigenvalue weighted by Crippen LogP contribution is -2.21. The largest absolute Gasteiger partial charge is 0.455 e. The third kappa shape index (κ3) is 5.77. The molecule has 0 aliphatic heterocycles. The van der Waals surface area contributed by atoms with Crippen LogP contribution in [0.2, 0.25) is 10.0 Å². The van der Waals surface area contributed by atoms with Crippen LogP contribution in [-0.2, 0) is 20.7 Å². The Bertz CT molecular complexity index is 807. The number of benzene rings is 2. The molecule has 0 bridgehead atoms. The van der Waals surface area contributed by atoms with E-state index < -0.39 is 24.4 Å². The van der Waals surface area contributed by atoms with E-state index in [2.05, 4.69) is 5.32 Å². The Morgan fingerprint density at radius 2 is 1.68 bits per heavy atom. The monoisotopic (exact) mass is 380 g/mol. The Balaban J connectivity index is 1.81. The van der Waals surface area contributed by atoms with Gasteiger partial charge in [0, 0.05) is 11.3 Å². The first-order valence-corrected chi connectivity index (χ1v) is 7.90. The predicted molar refractivity (Wildman–Crippen MR) is 94.7 cm³/mol.